The van der Waals surface area contributed by atoms with Crippen LogP contribution in [0.3, 0.4) is 0 Å². The number of thioether (sulfide) groups is 1. The fourth-order valence-corrected chi connectivity index (χ4v) is 3.83. The van der Waals surface area contributed by atoms with Crippen molar-refractivity contribution in [3.05, 3.63) is 53.9 Å². The van der Waals surface area contributed by atoms with E-state index in [-0.39, 0.29) is 5.91 Å². The number of methoxy groups -OCH3 is 1. The van der Waals surface area contributed by atoms with Gasteiger partial charge in [-0.15, -0.1) is 0 Å². The molecule has 1 amide bonds. The molecule has 8 heteroatoms. The van der Waals surface area contributed by atoms with Crippen molar-refractivity contribution in [1.29, 1.82) is 0 Å². The zero-order chi connectivity index (χ0) is 20.5. The largest absolute Gasteiger partial charge is 0.465 e. The summed E-state index contributed by atoms with van der Waals surface area (Å²) in [6.07, 6.45) is 2.11. The topological polar surface area (TPSA) is 80.8 Å². The number of benzene rings is 1. The van der Waals surface area contributed by atoms with Crippen molar-refractivity contribution in [3.63, 3.8) is 0 Å². The van der Waals surface area contributed by atoms with Gasteiger partial charge >= 0.3 is 5.97 Å². The molecule has 1 N–H and O–H groups in total. The SMILES string of the molecule is COC(=O)c1cc(N2CCOCC2)ccc1NC(=O)CCSCc1ccccn1. The van der Waals surface area contributed by atoms with Crippen molar-refractivity contribution >= 4 is 35.0 Å². The van der Waals surface area contributed by atoms with E-state index in [0.717, 1.165) is 30.2 Å². The molecule has 1 aromatic heterocycles. The summed E-state index contributed by atoms with van der Waals surface area (Å²) >= 11 is 1.65. The van der Waals surface area contributed by atoms with Gasteiger partial charge in [-0.1, -0.05) is 6.07 Å². The number of carbonyl (C=O) groups is 2. The molecular weight excluding hydrogens is 390 g/mol. The Morgan fingerprint density at radius 1 is 1.24 bits per heavy atom. The molecule has 1 saturated heterocycles. The highest BCUT2D eigenvalue weighted by Gasteiger charge is 2.18. The maximum Gasteiger partial charge on any atom is 0.340 e. The Morgan fingerprint density at radius 2 is 2.07 bits per heavy atom. The van der Waals surface area contributed by atoms with Crippen LogP contribution in [0.1, 0.15) is 22.5 Å². The Morgan fingerprint density at radius 3 is 2.79 bits per heavy atom. The number of pyridine rings is 1. The molecule has 1 aromatic carbocycles. The van der Waals surface area contributed by atoms with Gasteiger partial charge in [0.05, 0.1) is 37.3 Å². The number of aromatic nitrogens is 1. The Bertz CT molecular complexity index is 826. The number of hydrogen-bond acceptors (Lipinski definition) is 7. The van der Waals surface area contributed by atoms with Crippen molar-refractivity contribution in [2.24, 2.45) is 0 Å². The lowest BCUT2D eigenvalue weighted by Crippen LogP contribution is -2.36. The van der Waals surface area contributed by atoms with Gasteiger partial charge in [-0.05, 0) is 30.3 Å². The average Bonchev–Trinajstić information content (AvgIpc) is 2.78. The first-order valence-corrected chi connectivity index (χ1v) is 10.7. The molecule has 1 aliphatic rings. The molecule has 29 heavy (non-hydrogen) atoms. The van der Waals surface area contributed by atoms with Gasteiger partial charge in [-0.25, -0.2) is 4.79 Å². The summed E-state index contributed by atoms with van der Waals surface area (Å²) in [7, 11) is 1.34. The normalized spacial score (nSPS) is 13.8. The minimum atomic E-state index is -0.472. The summed E-state index contributed by atoms with van der Waals surface area (Å²) in [6, 6.07) is 11.2. The third kappa shape index (κ3) is 6.20. The molecule has 1 fully saturated rings. The number of nitrogens with one attached hydrogen (secondary N) is 1. The Labute approximate surface area is 174 Å². The number of amides is 1. The summed E-state index contributed by atoms with van der Waals surface area (Å²) in [5.41, 5.74) is 2.72. The predicted molar refractivity (Wildman–Crippen MR) is 114 cm³/mol. The summed E-state index contributed by atoms with van der Waals surface area (Å²) in [6.45, 7) is 2.84. The quantitative estimate of drug-likeness (QED) is 0.524. The average molecular weight is 416 g/mol. The van der Waals surface area contributed by atoms with E-state index in [1.54, 1.807) is 30.1 Å². The molecule has 0 atom stereocenters. The molecule has 3 rings (SSSR count). The van der Waals surface area contributed by atoms with Gasteiger partial charge in [0.25, 0.3) is 0 Å². The number of anilines is 2. The van der Waals surface area contributed by atoms with Crippen molar-refractivity contribution in [2.75, 3.05) is 49.4 Å². The van der Waals surface area contributed by atoms with Gasteiger partial charge in [0, 0.05) is 42.9 Å². The van der Waals surface area contributed by atoms with Gasteiger partial charge in [0.1, 0.15) is 0 Å². The van der Waals surface area contributed by atoms with Gasteiger partial charge in [0.15, 0.2) is 0 Å². The van der Waals surface area contributed by atoms with Crippen LogP contribution in [0.25, 0.3) is 0 Å². The first kappa shape index (κ1) is 21.1. The third-order valence-corrected chi connectivity index (χ3v) is 5.50. The lowest BCUT2D eigenvalue weighted by Gasteiger charge is -2.29. The standard InChI is InChI=1S/C21H25N3O4S/c1-27-21(26)18-14-17(24-9-11-28-12-10-24)5-6-19(18)23-20(25)7-13-29-15-16-4-2-3-8-22-16/h2-6,8,14H,7,9-13,15H2,1H3,(H,23,25). The second-order valence-electron chi connectivity index (χ2n) is 6.49. The van der Waals surface area contributed by atoms with Crippen LogP contribution < -0.4 is 10.2 Å². The summed E-state index contributed by atoms with van der Waals surface area (Å²) in [5, 5.41) is 2.84. The van der Waals surface area contributed by atoms with E-state index >= 15 is 0 Å². The summed E-state index contributed by atoms with van der Waals surface area (Å²) in [5.74, 6) is 0.820. The lowest BCUT2D eigenvalue weighted by molar-refractivity contribution is -0.115. The first-order chi connectivity index (χ1) is 14.2. The van der Waals surface area contributed by atoms with Crippen LogP contribution in [0.15, 0.2) is 42.6 Å². The van der Waals surface area contributed by atoms with Crippen LogP contribution in [-0.4, -0.2) is 56.0 Å². The molecule has 2 heterocycles. The van der Waals surface area contributed by atoms with Gasteiger partial charge < -0.3 is 19.7 Å². The van der Waals surface area contributed by atoms with E-state index in [0.29, 0.717) is 36.6 Å². The van der Waals surface area contributed by atoms with Crippen LogP contribution in [-0.2, 0) is 20.0 Å². The smallest absolute Gasteiger partial charge is 0.340 e. The van der Waals surface area contributed by atoms with E-state index in [2.05, 4.69) is 15.2 Å². The van der Waals surface area contributed by atoms with E-state index in [9.17, 15) is 9.59 Å². The van der Waals surface area contributed by atoms with E-state index in [1.807, 2.05) is 24.3 Å². The minimum Gasteiger partial charge on any atom is -0.465 e. The number of nitrogens with zero attached hydrogens (tertiary/aromatic N) is 2. The second-order valence-corrected chi connectivity index (χ2v) is 7.60. The maximum absolute atomic E-state index is 12.4. The number of ether oxygens (including phenoxy) is 2. The Hall–Kier alpha value is -2.58. The molecular formula is C21H25N3O4S. The molecule has 1 aliphatic heterocycles. The molecule has 0 saturated carbocycles. The lowest BCUT2D eigenvalue weighted by atomic mass is 10.1. The predicted octanol–water partition coefficient (Wildman–Crippen LogP) is 2.97. The fraction of sp³-hybridized carbons (Fsp3) is 0.381. The van der Waals surface area contributed by atoms with Gasteiger partial charge in [0.2, 0.25) is 5.91 Å². The molecule has 2 aromatic rings. The first-order valence-electron chi connectivity index (χ1n) is 9.50. The third-order valence-electron chi connectivity index (χ3n) is 4.51. The molecule has 154 valence electrons. The van der Waals surface area contributed by atoms with Crippen molar-refractivity contribution in [3.8, 4) is 0 Å². The Balaban J connectivity index is 1.58. The van der Waals surface area contributed by atoms with E-state index in [1.165, 1.54) is 7.11 Å². The fourth-order valence-electron chi connectivity index (χ4n) is 2.98. The molecule has 0 spiro atoms. The zero-order valence-electron chi connectivity index (χ0n) is 16.4. The van der Waals surface area contributed by atoms with Gasteiger partial charge in [-0.3, -0.25) is 9.78 Å². The van der Waals surface area contributed by atoms with Crippen LogP contribution >= 0.6 is 11.8 Å². The Kier molecular flexibility index (Phi) is 7.89. The molecule has 0 bridgehead atoms. The molecule has 7 nitrogen and oxygen atoms in total. The van der Waals surface area contributed by atoms with Crippen molar-refractivity contribution < 1.29 is 19.1 Å². The number of esters is 1. The number of hydrogen-bond donors (Lipinski definition) is 1. The summed E-state index contributed by atoms with van der Waals surface area (Å²) in [4.78, 5) is 31.0. The van der Waals surface area contributed by atoms with Crippen LogP contribution in [0, 0.1) is 0 Å². The van der Waals surface area contributed by atoms with Crippen LogP contribution in [0.4, 0.5) is 11.4 Å². The number of rotatable bonds is 8. The van der Waals surface area contributed by atoms with E-state index in [4.69, 9.17) is 9.47 Å². The number of carbonyl (C=O) groups excluding carboxylic acids is 2. The second kappa shape index (κ2) is 10.8. The van der Waals surface area contributed by atoms with Crippen LogP contribution in [0.5, 0.6) is 0 Å². The zero-order valence-corrected chi connectivity index (χ0v) is 17.2. The van der Waals surface area contributed by atoms with Crippen molar-refractivity contribution in [2.45, 2.75) is 12.2 Å². The summed E-state index contributed by atoms with van der Waals surface area (Å²) < 4.78 is 10.3. The molecule has 0 radical (unpaired) electrons. The highest BCUT2D eigenvalue weighted by molar-refractivity contribution is 7.98. The van der Waals surface area contributed by atoms with Gasteiger partial charge in [-0.2, -0.15) is 11.8 Å². The number of morpholine rings is 1. The van der Waals surface area contributed by atoms with Crippen molar-refractivity contribution in [1.82, 2.24) is 4.98 Å². The molecule has 0 aliphatic carbocycles. The molecule has 0 unspecified atom stereocenters. The maximum atomic E-state index is 12.4. The van der Waals surface area contributed by atoms with E-state index < -0.39 is 5.97 Å². The highest BCUT2D eigenvalue weighted by Crippen LogP contribution is 2.25. The monoisotopic (exact) mass is 415 g/mol. The minimum absolute atomic E-state index is 0.136. The van der Waals surface area contributed by atoms with Crippen LogP contribution in [0.2, 0.25) is 0 Å². The highest BCUT2D eigenvalue weighted by atomic mass is 32.2.